The summed E-state index contributed by atoms with van der Waals surface area (Å²) in [5, 5.41) is 0. The largest absolute Gasteiger partial charge is 1.00 e. The van der Waals surface area contributed by atoms with Gasteiger partial charge in [0.2, 0.25) is 0 Å². The number of hydrogen-bond donors (Lipinski definition) is 2. The van der Waals surface area contributed by atoms with Gasteiger partial charge < -0.3 is 9.97 Å². The molecular weight excluding hydrogens is 296 g/mol. The molecule has 3 aromatic heterocycles. The summed E-state index contributed by atoms with van der Waals surface area (Å²) >= 11 is 0. The van der Waals surface area contributed by atoms with Gasteiger partial charge in [-0.05, 0) is 72.8 Å². The molecule has 0 spiro atoms. The molecule has 0 atom stereocenters. The maximum atomic E-state index is 4.62. The van der Waals surface area contributed by atoms with Gasteiger partial charge in [-0.3, -0.25) is 0 Å². The Morgan fingerprint density at radius 3 is 1.33 bits per heavy atom. The zero-order chi connectivity index (χ0) is 15.9. The SMILES string of the molecule is C1=Cc2cc3ccc(cc4ccc(cc5nc(cc1n2)C=C5)[nH]4)[nH]3.[H+].[H+]. The summed E-state index contributed by atoms with van der Waals surface area (Å²) in [6, 6.07) is 16.4. The minimum atomic E-state index is 0. The van der Waals surface area contributed by atoms with E-state index >= 15 is 0 Å². The molecular formula is C20H16N4+2. The number of H-pyrrole nitrogens is 2. The monoisotopic (exact) mass is 312 g/mol. The third-order valence-electron chi connectivity index (χ3n) is 4.04. The van der Waals surface area contributed by atoms with E-state index in [-0.39, 0.29) is 2.85 Å². The molecule has 5 rings (SSSR count). The molecule has 0 aromatic carbocycles. The maximum absolute atomic E-state index is 4.62. The molecule has 0 saturated carbocycles. The zero-order valence-corrected chi connectivity index (χ0v) is 12.8. The Hall–Kier alpha value is -3.40. The summed E-state index contributed by atoms with van der Waals surface area (Å²) in [4.78, 5) is 16.0. The predicted octanol–water partition coefficient (Wildman–Crippen LogP) is 4.88. The van der Waals surface area contributed by atoms with E-state index in [9.17, 15) is 0 Å². The molecule has 3 aromatic rings. The fourth-order valence-electron chi connectivity index (χ4n) is 2.94. The molecule has 5 heterocycles. The summed E-state index contributed by atoms with van der Waals surface area (Å²) in [7, 11) is 0. The molecule has 4 heteroatoms. The van der Waals surface area contributed by atoms with Gasteiger partial charge in [-0.15, -0.1) is 0 Å². The van der Waals surface area contributed by atoms with E-state index < -0.39 is 0 Å². The van der Waals surface area contributed by atoms with Gasteiger partial charge in [0, 0.05) is 22.1 Å². The maximum Gasteiger partial charge on any atom is 1.00 e. The molecule has 0 amide bonds. The van der Waals surface area contributed by atoms with Crippen LogP contribution in [0.25, 0.3) is 46.4 Å². The van der Waals surface area contributed by atoms with Crippen LogP contribution in [0.3, 0.4) is 0 Å². The lowest BCUT2D eigenvalue weighted by Crippen LogP contribution is -1.77. The van der Waals surface area contributed by atoms with E-state index in [0.29, 0.717) is 0 Å². The van der Waals surface area contributed by atoms with E-state index in [1.807, 2.05) is 42.5 Å². The first-order chi connectivity index (χ1) is 11.8. The Morgan fingerprint density at radius 2 is 0.875 bits per heavy atom. The quantitative estimate of drug-likeness (QED) is 0.428. The van der Waals surface area contributed by atoms with E-state index in [1.165, 1.54) is 0 Å². The van der Waals surface area contributed by atoms with Crippen LogP contribution in [0.4, 0.5) is 0 Å². The summed E-state index contributed by atoms with van der Waals surface area (Å²) < 4.78 is 0. The molecule has 24 heavy (non-hydrogen) atoms. The van der Waals surface area contributed by atoms with Crippen LogP contribution in [-0.4, -0.2) is 19.9 Å². The van der Waals surface area contributed by atoms with Gasteiger partial charge in [-0.25, -0.2) is 9.97 Å². The Morgan fingerprint density at radius 1 is 0.500 bits per heavy atom. The Balaban J connectivity index is 0.000000980. The second-order valence-corrected chi connectivity index (χ2v) is 5.91. The van der Waals surface area contributed by atoms with Crippen molar-refractivity contribution < 1.29 is 2.85 Å². The number of aromatic nitrogens is 4. The lowest BCUT2D eigenvalue weighted by Gasteiger charge is -1.86. The van der Waals surface area contributed by atoms with Gasteiger partial charge >= 0.3 is 2.85 Å². The smallest absolute Gasteiger partial charge is 0.355 e. The number of hydrogen-bond acceptors (Lipinski definition) is 2. The Bertz CT molecular complexity index is 1080. The van der Waals surface area contributed by atoms with E-state index in [2.05, 4.69) is 50.3 Å². The zero-order valence-electron chi connectivity index (χ0n) is 14.8. The third kappa shape index (κ3) is 2.44. The highest BCUT2D eigenvalue weighted by Gasteiger charge is 2.02. The topological polar surface area (TPSA) is 57.4 Å². The minimum absolute atomic E-state index is 0. The summed E-state index contributed by atoms with van der Waals surface area (Å²) in [5.41, 5.74) is 7.86. The highest BCUT2D eigenvalue weighted by Crippen LogP contribution is 2.17. The van der Waals surface area contributed by atoms with Crippen molar-refractivity contribution in [3.8, 4) is 0 Å². The molecule has 2 aliphatic rings. The first-order valence-corrected chi connectivity index (χ1v) is 7.85. The number of rotatable bonds is 0. The van der Waals surface area contributed by atoms with Gasteiger partial charge in [0.25, 0.3) is 0 Å². The van der Waals surface area contributed by atoms with E-state index in [4.69, 9.17) is 0 Å². The Labute approximate surface area is 141 Å². The van der Waals surface area contributed by atoms with Crippen molar-refractivity contribution in [3.63, 3.8) is 0 Å². The fourth-order valence-corrected chi connectivity index (χ4v) is 2.94. The first-order valence-electron chi connectivity index (χ1n) is 7.85. The number of fused-ring (bicyclic) bond motifs is 8. The minimum Gasteiger partial charge on any atom is -0.355 e. The van der Waals surface area contributed by atoms with Gasteiger partial charge in [-0.2, -0.15) is 0 Å². The van der Waals surface area contributed by atoms with Gasteiger partial charge in [-0.1, -0.05) is 0 Å². The van der Waals surface area contributed by atoms with Crippen LogP contribution >= 0.6 is 0 Å². The van der Waals surface area contributed by atoms with Crippen LogP contribution in [0.2, 0.25) is 0 Å². The summed E-state index contributed by atoms with van der Waals surface area (Å²) in [6.07, 6.45) is 8.05. The van der Waals surface area contributed by atoms with E-state index in [0.717, 1.165) is 44.8 Å². The van der Waals surface area contributed by atoms with E-state index in [1.54, 1.807) is 0 Å². The van der Waals surface area contributed by atoms with Gasteiger partial charge in [0.05, 0.1) is 22.8 Å². The van der Waals surface area contributed by atoms with Crippen LogP contribution < -0.4 is 0 Å². The number of nitrogens with zero attached hydrogens (tertiary/aromatic N) is 2. The second-order valence-electron chi connectivity index (χ2n) is 5.91. The van der Waals surface area contributed by atoms with Crippen molar-refractivity contribution in [2.24, 2.45) is 0 Å². The molecule has 114 valence electrons. The van der Waals surface area contributed by atoms with Crippen molar-refractivity contribution in [2.45, 2.75) is 0 Å². The van der Waals surface area contributed by atoms with Gasteiger partial charge in [0.1, 0.15) is 0 Å². The highest BCUT2D eigenvalue weighted by molar-refractivity contribution is 5.77. The predicted molar refractivity (Wildman–Crippen MR) is 101 cm³/mol. The van der Waals surface area contributed by atoms with Crippen LogP contribution in [0.5, 0.6) is 0 Å². The molecule has 0 fully saturated rings. The average Bonchev–Trinajstić information content (AvgIpc) is 3.32. The number of aromatic amines is 2. The first kappa shape index (κ1) is 13.1. The lowest BCUT2D eigenvalue weighted by molar-refractivity contribution is 1.28. The third-order valence-corrected chi connectivity index (χ3v) is 4.04. The lowest BCUT2D eigenvalue weighted by atomic mass is 10.3. The average molecular weight is 312 g/mol. The molecule has 0 radical (unpaired) electrons. The van der Waals surface area contributed by atoms with Crippen molar-refractivity contribution >= 4 is 46.4 Å². The molecule has 0 unspecified atom stereocenters. The molecule has 8 bridgehead atoms. The molecule has 0 saturated heterocycles. The fraction of sp³-hybridized carbons (Fsp3) is 0. The highest BCUT2D eigenvalue weighted by atomic mass is 14.8. The van der Waals surface area contributed by atoms with Crippen molar-refractivity contribution in [2.75, 3.05) is 0 Å². The molecule has 0 aliphatic carbocycles. The van der Waals surface area contributed by atoms with Crippen LogP contribution in [0.1, 0.15) is 25.6 Å². The molecule has 2 N–H and O–H groups in total. The summed E-state index contributed by atoms with van der Waals surface area (Å²) in [6.45, 7) is 0. The van der Waals surface area contributed by atoms with Crippen LogP contribution in [0, 0.1) is 0 Å². The molecule has 2 aliphatic heterocycles. The normalized spacial score (nSPS) is 12.7. The van der Waals surface area contributed by atoms with Gasteiger partial charge in [0.15, 0.2) is 0 Å². The van der Waals surface area contributed by atoms with Crippen molar-refractivity contribution in [1.82, 2.24) is 19.9 Å². The molecule has 4 nitrogen and oxygen atoms in total. The second kappa shape index (κ2) is 5.06. The number of nitrogens with one attached hydrogen (secondary N) is 2. The standard InChI is InChI=1S/C20H14N4/c1-2-14-10-16-5-6-18(23-16)12-20-8-7-19(24-20)11-17-4-3-15(22-17)9-13(1)21-14/h1-12,21-22H/p+2. The van der Waals surface area contributed by atoms with Crippen LogP contribution in [-0.2, 0) is 0 Å². The van der Waals surface area contributed by atoms with Crippen molar-refractivity contribution in [1.29, 1.82) is 0 Å². The van der Waals surface area contributed by atoms with Crippen LogP contribution in [0.15, 0.2) is 48.5 Å². The van der Waals surface area contributed by atoms with Crippen molar-refractivity contribution in [3.05, 3.63) is 71.3 Å². The Kier molecular flexibility index (Phi) is 2.76. The summed E-state index contributed by atoms with van der Waals surface area (Å²) in [5.74, 6) is 0.